The summed E-state index contributed by atoms with van der Waals surface area (Å²) in [7, 11) is 0. The van der Waals surface area contributed by atoms with E-state index in [9.17, 15) is 14.4 Å². The van der Waals surface area contributed by atoms with E-state index in [1.807, 2.05) is 0 Å². The van der Waals surface area contributed by atoms with E-state index in [0.29, 0.717) is 5.00 Å². The minimum Gasteiger partial charge on any atom is -0.478 e. The number of aryl methyl sites for hydroxylation is 1. The molecule has 0 aromatic carbocycles. The van der Waals surface area contributed by atoms with Crippen LogP contribution in [0.3, 0.4) is 0 Å². The van der Waals surface area contributed by atoms with Crippen molar-refractivity contribution in [2.75, 3.05) is 11.9 Å². The average Bonchev–Trinajstić information content (AvgIpc) is 2.78. The van der Waals surface area contributed by atoms with Gasteiger partial charge in [0.1, 0.15) is 5.00 Å². The maximum Gasteiger partial charge on any atom is 0.341 e. The van der Waals surface area contributed by atoms with Crippen LogP contribution in [-0.2, 0) is 14.3 Å². The number of carboxylic acid groups (broad SMARTS) is 1. The van der Waals surface area contributed by atoms with Crippen LogP contribution in [0.25, 0.3) is 0 Å². The van der Waals surface area contributed by atoms with Crippen molar-refractivity contribution in [3.8, 4) is 0 Å². The molecule has 0 bridgehead atoms. The number of rotatable bonds is 5. The fraction of sp³-hybridized carbons (Fsp3) is 0.357. The fourth-order valence-electron chi connectivity index (χ4n) is 1.50. The molecule has 0 aliphatic rings. The lowest BCUT2D eigenvalue weighted by atomic mass is 10.1. The molecule has 0 spiro atoms. The van der Waals surface area contributed by atoms with Crippen molar-refractivity contribution in [2.45, 2.75) is 27.7 Å². The molecule has 0 radical (unpaired) electrons. The SMILES string of the molecule is CCOC(=O)c1cc(C)sc1NC(=O)C(C)=C(C)C(=O)O. The highest BCUT2D eigenvalue weighted by Gasteiger charge is 2.20. The van der Waals surface area contributed by atoms with Gasteiger partial charge >= 0.3 is 11.9 Å². The molecule has 0 fully saturated rings. The molecule has 0 aliphatic carbocycles. The zero-order valence-electron chi connectivity index (χ0n) is 12.3. The number of hydrogen-bond acceptors (Lipinski definition) is 5. The zero-order valence-corrected chi connectivity index (χ0v) is 13.1. The summed E-state index contributed by atoms with van der Waals surface area (Å²) < 4.78 is 4.92. The Balaban J connectivity index is 3.04. The van der Waals surface area contributed by atoms with Gasteiger partial charge < -0.3 is 15.2 Å². The Bertz CT molecular complexity index is 615. The van der Waals surface area contributed by atoms with Gasteiger partial charge in [0.25, 0.3) is 5.91 Å². The summed E-state index contributed by atoms with van der Waals surface area (Å²) in [6.45, 7) is 6.50. The van der Waals surface area contributed by atoms with Gasteiger partial charge in [-0.2, -0.15) is 0 Å². The Morgan fingerprint density at radius 1 is 1.29 bits per heavy atom. The normalized spacial score (nSPS) is 11.6. The van der Waals surface area contributed by atoms with E-state index in [2.05, 4.69) is 5.32 Å². The number of esters is 1. The molecule has 7 heteroatoms. The van der Waals surface area contributed by atoms with Crippen molar-refractivity contribution < 1.29 is 24.2 Å². The van der Waals surface area contributed by atoms with Crippen LogP contribution in [0.2, 0.25) is 0 Å². The predicted octanol–water partition coefficient (Wildman–Crippen LogP) is 2.59. The third kappa shape index (κ3) is 4.16. The molecule has 21 heavy (non-hydrogen) atoms. The van der Waals surface area contributed by atoms with E-state index in [-0.39, 0.29) is 23.3 Å². The second-order valence-electron chi connectivity index (χ2n) is 4.33. The first-order chi connectivity index (χ1) is 9.77. The summed E-state index contributed by atoms with van der Waals surface area (Å²) in [6.07, 6.45) is 0. The van der Waals surface area contributed by atoms with Gasteiger partial charge in [-0.1, -0.05) is 0 Å². The zero-order chi connectivity index (χ0) is 16.2. The van der Waals surface area contributed by atoms with Gasteiger partial charge in [0.2, 0.25) is 0 Å². The maximum absolute atomic E-state index is 12.0. The standard InChI is InChI=1S/C14H17NO5S/c1-5-20-14(19)10-6-7(2)21-12(10)15-11(16)8(3)9(4)13(17)18/h6H,5H2,1-4H3,(H,15,16)(H,17,18). The summed E-state index contributed by atoms with van der Waals surface area (Å²) in [5, 5.41) is 11.8. The molecule has 0 saturated heterocycles. The van der Waals surface area contributed by atoms with Gasteiger partial charge in [-0.05, 0) is 33.8 Å². The number of carboxylic acids is 1. The van der Waals surface area contributed by atoms with Gasteiger partial charge in [-0.25, -0.2) is 9.59 Å². The minimum atomic E-state index is -1.16. The first kappa shape index (κ1) is 16.9. The quantitative estimate of drug-likeness (QED) is 0.644. The highest BCUT2D eigenvalue weighted by molar-refractivity contribution is 7.16. The number of thiophene rings is 1. The third-order valence-corrected chi connectivity index (χ3v) is 3.77. The lowest BCUT2D eigenvalue weighted by Crippen LogP contribution is -2.17. The van der Waals surface area contributed by atoms with Gasteiger partial charge in [0.15, 0.2) is 0 Å². The van der Waals surface area contributed by atoms with Crippen molar-refractivity contribution in [3.63, 3.8) is 0 Å². The van der Waals surface area contributed by atoms with E-state index in [4.69, 9.17) is 9.84 Å². The smallest absolute Gasteiger partial charge is 0.341 e. The summed E-state index contributed by atoms with van der Waals surface area (Å²) in [4.78, 5) is 35.5. The van der Waals surface area contributed by atoms with Crippen LogP contribution in [-0.4, -0.2) is 29.6 Å². The first-order valence-corrected chi connectivity index (χ1v) is 7.09. The van der Waals surface area contributed by atoms with Gasteiger partial charge in [0.05, 0.1) is 12.2 Å². The largest absolute Gasteiger partial charge is 0.478 e. The van der Waals surface area contributed by atoms with Crippen molar-refractivity contribution in [3.05, 3.63) is 27.7 Å². The molecule has 0 atom stereocenters. The molecule has 0 aliphatic heterocycles. The van der Waals surface area contributed by atoms with E-state index < -0.39 is 17.8 Å². The number of aliphatic carboxylic acids is 1. The van der Waals surface area contributed by atoms with Crippen molar-refractivity contribution in [1.29, 1.82) is 0 Å². The number of hydrogen-bond donors (Lipinski definition) is 2. The first-order valence-electron chi connectivity index (χ1n) is 6.27. The summed E-state index contributed by atoms with van der Waals surface area (Å²) in [5.74, 6) is -2.23. The van der Waals surface area contributed by atoms with Crippen molar-refractivity contribution >= 4 is 34.2 Å². The van der Waals surface area contributed by atoms with Crippen LogP contribution < -0.4 is 5.32 Å². The molecule has 114 valence electrons. The second kappa shape index (κ2) is 7.03. The Kier molecular flexibility index (Phi) is 5.66. The van der Waals surface area contributed by atoms with Crippen molar-refractivity contribution in [2.24, 2.45) is 0 Å². The maximum atomic E-state index is 12.0. The van der Waals surface area contributed by atoms with Crippen LogP contribution in [0.5, 0.6) is 0 Å². The molecule has 0 unspecified atom stereocenters. The van der Waals surface area contributed by atoms with E-state index >= 15 is 0 Å². The van der Waals surface area contributed by atoms with E-state index in [0.717, 1.165) is 4.88 Å². The second-order valence-corrected chi connectivity index (χ2v) is 5.59. The Labute approximate surface area is 126 Å². The third-order valence-electron chi connectivity index (χ3n) is 2.80. The molecule has 1 amide bonds. The number of anilines is 1. The lowest BCUT2D eigenvalue weighted by Gasteiger charge is -2.07. The monoisotopic (exact) mass is 311 g/mol. The van der Waals surface area contributed by atoms with Gasteiger partial charge in [-0.15, -0.1) is 11.3 Å². The number of ether oxygens (including phenoxy) is 1. The predicted molar refractivity (Wildman–Crippen MR) is 79.7 cm³/mol. The molecule has 1 aromatic rings. The number of carbonyl (C=O) groups is 3. The number of nitrogens with one attached hydrogen (secondary N) is 1. The molecular formula is C14H17NO5S. The summed E-state index contributed by atoms with van der Waals surface area (Å²) in [6, 6.07) is 1.63. The van der Waals surface area contributed by atoms with E-state index in [1.54, 1.807) is 19.9 Å². The van der Waals surface area contributed by atoms with Gasteiger partial charge in [0, 0.05) is 16.0 Å². The fourth-order valence-corrected chi connectivity index (χ4v) is 2.39. The molecule has 0 saturated carbocycles. The van der Waals surface area contributed by atoms with E-state index in [1.165, 1.54) is 25.2 Å². The molecule has 1 rings (SSSR count). The number of amides is 1. The van der Waals surface area contributed by atoms with Crippen LogP contribution >= 0.6 is 11.3 Å². The molecule has 6 nitrogen and oxygen atoms in total. The topological polar surface area (TPSA) is 92.7 Å². The minimum absolute atomic E-state index is 0.0431. The van der Waals surface area contributed by atoms with Crippen molar-refractivity contribution in [1.82, 2.24) is 0 Å². The number of carbonyl (C=O) groups excluding carboxylic acids is 2. The lowest BCUT2D eigenvalue weighted by molar-refractivity contribution is -0.133. The molecule has 2 N–H and O–H groups in total. The van der Waals surface area contributed by atoms with Gasteiger partial charge in [-0.3, -0.25) is 4.79 Å². The average molecular weight is 311 g/mol. The highest BCUT2D eigenvalue weighted by atomic mass is 32.1. The van der Waals surface area contributed by atoms with Crippen LogP contribution in [0.1, 0.15) is 36.0 Å². The van der Waals surface area contributed by atoms with Crippen LogP contribution in [0.4, 0.5) is 5.00 Å². The molecular weight excluding hydrogens is 294 g/mol. The molecule has 1 aromatic heterocycles. The Morgan fingerprint density at radius 2 is 1.90 bits per heavy atom. The van der Waals surface area contributed by atoms with Crippen LogP contribution in [0, 0.1) is 6.92 Å². The summed E-state index contributed by atoms with van der Waals surface area (Å²) >= 11 is 1.23. The Morgan fingerprint density at radius 3 is 2.43 bits per heavy atom. The Hall–Kier alpha value is -2.15. The highest BCUT2D eigenvalue weighted by Crippen LogP contribution is 2.28. The molecule has 1 heterocycles. The summed E-state index contributed by atoms with van der Waals surface area (Å²) in [5.41, 5.74) is 0.315. The van der Waals surface area contributed by atoms with Crippen LogP contribution in [0.15, 0.2) is 17.2 Å².